The summed E-state index contributed by atoms with van der Waals surface area (Å²) in [5.41, 5.74) is 1.31. The molecule has 4 amide bonds. The Kier molecular flexibility index (Phi) is 3.81. The Morgan fingerprint density at radius 2 is 2.09 bits per heavy atom. The summed E-state index contributed by atoms with van der Waals surface area (Å²) < 4.78 is 0. The van der Waals surface area contributed by atoms with Gasteiger partial charge in [-0.3, -0.25) is 9.59 Å². The summed E-state index contributed by atoms with van der Waals surface area (Å²) in [6, 6.07) is 5.56. The van der Waals surface area contributed by atoms with Gasteiger partial charge in [0.2, 0.25) is 5.91 Å². The predicted molar refractivity (Wildman–Crippen MR) is 78.0 cm³/mol. The summed E-state index contributed by atoms with van der Waals surface area (Å²) in [5.74, 6) is -0.345. The summed E-state index contributed by atoms with van der Waals surface area (Å²) in [6.45, 7) is 0.779. The smallest absolute Gasteiger partial charge is 0.329 e. The van der Waals surface area contributed by atoms with Gasteiger partial charge in [-0.1, -0.05) is 12.1 Å². The number of urea groups is 1. The second-order valence-electron chi connectivity index (χ2n) is 5.45. The van der Waals surface area contributed by atoms with Gasteiger partial charge in [-0.15, -0.1) is 0 Å². The van der Waals surface area contributed by atoms with E-state index in [4.69, 9.17) is 5.11 Å². The molecule has 3 rings (SSSR count). The van der Waals surface area contributed by atoms with Crippen LogP contribution in [0.25, 0.3) is 0 Å². The van der Waals surface area contributed by atoms with E-state index in [1.807, 2.05) is 6.07 Å². The number of nitrogens with one attached hydrogen (secondary N) is 1. The van der Waals surface area contributed by atoms with Crippen LogP contribution in [0.2, 0.25) is 0 Å². The minimum Gasteiger partial charge on any atom is -0.394 e. The van der Waals surface area contributed by atoms with Crippen LogP contribution in [0.1, 0.15) is 18.4 Å². The van der Waals surface area contributed by atoms with Crippen LogP contribution in [0.4, 0.5) is 10.5 Å². The van der Waals surface area contributed by atoms with Gasteiger partial charge in [-0.25, -0.2) is 9.69 Å². The Morgan fingerprint density at radius 1 is 1.27 bits per heavy atom. The van der Waals surface area contributed by atoms with E-state index in [1.54, 1.807) is 23.1 Å². The molecule has 7 nitrogen and oxygen atoms in total. The van der Waals surface area contributed by atoms with Gasteiger partial charge in [0.25, 0.3) is 5.91 Å². The number of nitrogens with zero attached hydrogens (tertiary/aromatic N) is 2. The standard InChI is InChI=1S/C15H17N3O4/c19-9-12-14(21)18(15(22)16-12)11-4-1-3-10(7-11)8-17-6-2-5-13(17)20/h1,3-4,7,12,19H,2,5-6,8-9H2,(H,16,22)/t12-/m0/s1. The molecule has 1 aromatic rings. The van der Waals surface area contributed by atoms with E-state index in [9.17, 15) is 14.4 Å². The SMILES string of the molecule is O=C1CCCN1Cc1cccc(N2C(=O)N[C@@H](CO)C2=O)c1. The van der Waals surface area contributed by atoms with Crippen molar-refractivity contribution in [1.29, 1.82) is 0 Å². The van der Waals surface area contributed by atoms with E-state index < -0.39 is 24.6 Å². The first-order chi connectivity index (χ1) is 10.6. The lowest BCUT2D eigenvalue weighted by Crippen LogP contribution is -2.33. The molecular formula is C15H17N3O4. The number of imide groups is 1. The number of hydrogen-bond acceptors (Lipinski definition) is 4. The molecular weight excluding hydrogens is 286 g/mol. The van der Waals surface area contributed by atoms with Crippen LogP contribution in [0, 0.1) is 0 Å². The van der Waals surface area contributed by atoms with E-state index >= 15 is 0 Å². The van der Waals surface area contributed by atoms with Crippen LogP contribution >= 0.6 is 0 Å². The number of rotatable bonds is 4. The number of aliphatic hydroxyl groups excluding tert-OH is 1. The number of carbonyl (C=O) groups excluding carboxylic acids is 3. The fourth-order valence-corrected chi connectivity index (χ4v) is 2.78. The number of carbonyl (C=O) groups is 3. The molecule has 116 valence electrons. The third kappa shape index (κ3) is 2.55. The zero-order chi connectivity index (χ0) is 15.7. The number of amides is 4. The van der Waals surface area contributed by atoms with Crippen molar-refractivity contribution in [3.63, 3.8) is 0 Å². The molecule has 7 heteroatoms. The van der Waals surface area contributed by atoms with Crippen molar-refractivity contribution in [3.8, 4) is 0 Å². The van der Waals surface area contributed by atoms with Crippen molar-refractivity contribution in [2.24, 2.45) is 0 Å². The Labute approximate surface area is 127 Å². The molecule has 2 N–H and O–H groups in total. The Morgan fingerprint density at radius 3 is 2.73 bits per heavy atom. The molecule has 22 heavy (non-hydrogen) atoms. The van der Waals surface area contributed by atoms with Crippen LogP contribution in [-0.2, 0) is 16.1 Å². The van der Waals surface area contributed by atoms with Gasteiger partial charge < -0.3 is 15.3 Å². The third-order valence-corrected chi connectivity index (χ3v) is 3.92. The van der Waals surface area contributed by atoms with E-state index in [-0.39, 0.29) is 5.91 Å². The summed E-state index contributed by atoms with van der Waals surface area (Å²) in [5, 5.41) is 11.5. The van der Waals surface area contributed by atoms with Crippen molar-refractivity contribution in [2.45, 2.75) is 25.4 Å². The minimum absolute atomic E-state index is 0.126. The minimum atomic E-state index is -0.892. The molecule has 0 unspecified atom stereocenters. The van der Waals surface area contributed by atoms with Crippen molar-refractivity contribution in [3.05, 3.63) is 29.8 Å². The molecule has 0 radical (unpaired) electrons. The first-order valence-corrected chi connectivity index (χ1v) is 7.22. The number of aliphatic hydroxyl groups is 1. The van der Waals surface area contributed by atoms with Crippen LogP contribution < -0.4 is 10.2 Å². The zero-order valence-electron chi connectivity index (χ0n) is 12.0. The highest BCUT2D eigenvalue weighted by molar-refractivity contribution is 6.21. The molecule has 1 aromatic carbocycles. The number of hydrogen-bond donors (Lipinski definition) is 2. The molecule has 2 aliphatic heterocycles. The summed E-state index contributed by atoms with van der Waals surface area (Å²) >= 11 is 0. The van der Waals surface area contributed by atoms with Crippen molar-refractivity contribution < 1.29 is 19.5 Å². The lowest BCUT2D eigenvalue weighted by atomic mass is 10.1. The van der Waals surface area contributed by atoms with E-state index in [2.05, 4.69) is 5.32 Å². The maximum atomic E-state index is 12.1. The quantitative estimate of drug-likeness (QED) is 0.779. The van der Waals surface area contributed by atoms with Crippen molar-refractivity contribution >= 4 is 23.5 Å². The highest BCUT2D eigenvalue weighted by atomic mass is 16.3. The Hall–Kier alpha value is -2.41. The maximum Gasteiger partial charge on any atom is 0.329 e. The number of likely N-dealkylation sites (tertiary alicyclic amines) is 1. The van der Waals surface area contributed by atoms with Crippen molar-refractivity contribution in [1.82, 2.24) is 10.2 Å². The first-order valence-electron chi connectivity index (χ1n) is 7.22. The van der Waals surface area contributed by atoms with Gasteiger partial charge in [-0.05, 0) is 24.1 Å². The van der Waals surface area contributed by atoms with Gasteiger partial charge >= 0.3 is 6.03 Å². The molecule has 0 spiro atoms. The van der Waals surface area contributed by atoms with Gasteiger partial charge in [0.15, 0.2) is 0 Å². The van der Waals surface area contributed by atoms with Crippen LogP contribution in [0.5, 0.6) is 0 Å². The maximum absolute atomic E-state index is 12.1. The second kappa shape index (κ2) is 5.76. The first kappa shape index (κ1) is 14.5. The fourth-order valence-electron chi connectivity index (χ4n) is 2.78. The molecule has 0 aliphatic carbocycles. The summed E-state index contributed by atoms with van der Waals surface area (Å²) in [6.07, 6.45) is 1.44. The summed E-state index contributed by atoms with van der Waals surface area (Å²) in [7, 11) is 0. The average molecular weight is 303 g/mol. The van der Waals surface area contributed by atoms with Crippen LogP contribution in [-0.4, -0.2) is 47.0 Å². The molecule has 1 atom stereocenters. The Balaban J connectivity index is 1.80. The number of benzene rings is 1. The fraction of sp³-hybridized carbons (Fsp3) is 0.400. The van der Waals surface area contributed by atoms with Gasteiger partial charge in [0.1, 0.15) is 6.04 Å². The zero-order valence-corrected chi connectivity index (χ0v) is 12.0. The average Bonchev–Trinajstić information content (AvgIpc) is 3.03. The highest BCUT2D eigenvalue weighted by Gasteiger charge is 2.38. The molecule has 2 aliphatic rings. The number of anilines is 1. The third-order valence-electron chi connectivity index (χ3n) is 3.92. The lowest BCUT2D eigenvalue weighted by molar-refractivity contribution is -0.128. The molecule has 0 aromatic heterocycles. The van der Waals surface area contributed by atoms with Crippen molar-refractivity contribution in [2.75, 3.05) is 18.1 Å². The lowest BCUT2D eigenvalue weighted by Gasteiger charge is -2.18. The summed E-state index contributed by atoms with van der Waals surface area (Å²) in [4.78, 5) is 38.4. The van der Waals surface area contributed by atoms with Gasteiger partial charge in [0.05, 0.1) is 12.3 Å². The van der Waals surface area contributed by atoms with Gasteiger partial charge in [0, 0.05) is 19.5 Å². The Bertz CT molecular complexity index is 631. The van der Waals surface area contributed by atoms with E-state index in [1.165, 1.54) is 0 Å². The predicted octanol–water partition coefficient (Wildman–Crippen LogP) is 0.226. The normalized spacial score (nSPS) is 21.7. The van der Waals surface area contributed by atoms with E-state index in [0.29, 0.717) is 18.7 Å². The second-order valence-corrected chi connectivity index (χ2v) is 5.45. The van der Waals surface area contributed by atoms with E-state index in [0.717, 1.165) is 23.4 Å². The van der Waals surface area contributed by atoms with Crippen LogP contribution in [0.3, 0.4) is 0 Å². The molecule has 2 heterocycles. The molecule has 2 fully saturated rings. The molecule has 0 bridgehead atoms. The topological polar surface area (TPSA) is 90.0 Å². The van der Waals surface area contributed by atoms with Gasteiger partial charge in [-0.2, -0.15) is 0 Å². The largest absolute Gasteiger partial charge is 0.394 e. The van der Waals surface area contributed by atoms with Crippen LogP contribution in [0.15, 0.2) is 24.3 Å². The molecule has 0 saturated carbocycles. The monoisotopic (exact) mass is 303 g/mol. The highest BCUT2D eigenvalue weighted by Crippen LogP contribution is 2.22. The molecule has 2 saturated heterocycles.